The Balaban J connectivity index is 1.56. The standard InChI is InChI=1S/C20H21N3OS2/c1-14-4-5-15(2)18(12-14)26-17-8-6-16(7-9-17)22-19(24)13-25-20-21-10-11-23(20)3/h4-12H,13H2,1-3H3,(H,22,24). The van der Waals surface area contributed by atoms with Crippen molar-refractivity contribution in [1.82, 2.24) is 9.55 Å². The van der Waals surface area contributed by atoms with Crippen molar-refractivity contribution in [2.75, 3.05) is 11.1 Å². The Labute approximate surface area is 162 Å². The number of amides is 1. The summed E-state index contributed by atoms with van der Waals surface area (Å²) in [7, 11) is 1.92. The molecule has 0 saturated carbocycles. The van der Waals surface area contributed by atoms with Crippen LogP contribution in [-0.4, -0.2) is 21.2 Å². The summed E-state index contributed by atoms with van der Waals surface area (Å²) in [5.74, 6) is 0.303. The summed E-state index contributed by atoms with van der Waals surface area (Å²) in [5, 5.41) is 3.76. The van der Waals surface area contributed by atoms with Crippen molar-refractivity contribution in [2.45, 2.75) is 28.8 Å². The highest BCUT2D eigenvalue weighted by molar-refractivity contribution is 7.99. The molecule has 2 aromatic carbocycles. The SMILES string of the molecule is Cc1ccc(C)c(Sc2ccc(NC(=O)CSc3nccn3C)cc2)c1. The first kappa shape index (κ1) is 18.6. The molecule has 0 saturated heterocycles. The van der Waals surface area contributed by atoms with Gasteiger partial charge < -0.3 is 9.88 Å². The van der Waals surface area contributed by atoms with Gasteiger partial charge in [-0.1, -0.05) is 35.7 Å². The van der Waals surface area contributed by atoms with E-state index < -0.39 is 0 Å². The highest BCUT2D eigenvalue weighted by Gasteiger charge is 2.07. The van der Waals surface area contributed by atoms with Crippen LogP contribution in [0.25, 0.3) is 0 Å². The van der Waals surface area contributed by atoms with Gasteiger partial charge in [-0.3, -0.25) is 4.79 Å². The number of rotatable bonds is 6. The highest BCUT2D eigenvalue weighted by atomic mass is 32.2. The monoisotopic (exact) mass is 383 g/mol. The number of nitrogens with one attached hydrogen (secondary N) is 1. The number of thioether (sulfide) groups is 1. The molecule has 0 aliphatic heterocycles. The first-order valence-corrected chi connectivity index (χ1v) is 10.1. The van der Waals surface area contributed by atoms with Crippen LogP contribution < -0.4 is 5.32 Å². The summed E-state index contributed by atoms with van der Waals surface area (Å²) in [6.07, 6.45) is 3.60. The van der Waals surface area contributed by atoms with Crippen molar-refractivity contribution in [2.24, 2.45) is 7.05 Å². The predicted octanol–water partition coefficient (Wildman–Crippen LogP) is 4.92. The second kappa shape index (κ2) is 8.47. The Morgan fingerprint density at radius 3 is 2.62 bits per heavy atom. The lowest BCUT2D eigenvalue weighted by Crippen LogP contribution is -2.14. The minimum atomic E-state index is -0.0343. The molecule has 0 fully saturated rings. The maximum Gasteiger partial charge on any atom is 0.234 e. The molecular formula is C20H21N3OS2. The lowest BCUT2D eigenvalue weighted by Gasteiger charge is -2.09. The number of imidazole rings is 1. The molecule has 0 atom stereocenters. The zero-order valence-corrected chi connectivity index (χ0v) is 16.7. The second-order valence-corrected chi connectivity index (χ2v) is 8.11. The fraction of sp³-hybridized carbons (Fsp3) is 0.200. The fourth-order valence-corrected chi connectivity index (χ4v) is 4.10. The number of carbonyl (C=O) groups excluding carboxylic acids is 1. The van der Waals surface area contributed by atoms with Gasteiger partial charge in [-0.25, -0.2) is 4.98 Å². The lowest BCUT2D eigenvalue weighted by molar-refractivity contribution is -0.113. The summed E-state index contributed by atoms with van der Waals surface area (Å²) in [5.41, 5.74) is 3.33. The van der Waals surface area contributed by atoms with E-state index in [4.69, 9.17) is 0 Å². The third-order valence-corrected chi connectivity index (χ3v) is 6.04. The van der Waals surface area contributed by atoms with Crippen LogP contribution in [0.15, 0.2) is 69.8 Å². The molecule has 3 aromatic rings. The summed E-state index contributed by atoms with van der Waals surface area (Å²) in [4.78, 5) is 18.7. The van der Waals surface area contributed by atoms with E-state index in [0.717, 1.165) is 15.7 Å². The number of benzene rings is 2. The van der Waals surface area contributed by atoms with E-state index >= 15 is 0 Å². The molecule has 1 heterocycles. The number of nitrogens with zero attached hydrogens (tertiary/aromatic N) is 2. The molecule has 0 aliphatic carbocycles. The average Bonchev–Trinajstić information content (AvgIpc) is 3.03. The maximum absolute atomic E-state index is 12.1. The molecule has 1 aromatic heterocycles. The van der Waals surface area contributed by atoms with E-state index in [1.807, 2.05) is 42.1 Å². The van der Waals surface area contributed by atoms with Gasteiger partial charge in [0.05, 0.1) is 5.75 Å². The molecule has 0 bridgehead atoms. The number of aromatic nitrogens is 2. The number of carbonyl (C=O) groups is 1. The number of anilines is 1. The number of hydrogen-bond donors (Lipinski definition) is 1. The fourth-order valence-electron chi connectivity index (χ4n) is 2.37. The van der Waals surface area contributed by atoms with E-state index in [1.165, 1.54) is 27.8 Å². The molecule has 1 N–H and O–H groups in total. The van der Waals surface area contributed by atoms with Crippen LogP contribution >= 0.6 is 23.5 Å². The van der Waals surface area contributed by atoms with Gasteiger partial charge in [-0.15, -0.1) is 0 Å². The zero-order chi connectivity index (χ0) is 18.5. The molecule has 1 amide bonds. The van der Waals surface area contributed by atoms with Crippen molar-refractivity contribution in [3.05, 3.63) is 66.0 Å². The number of hydrogen-bond acceptors (Lipinski definition) is 4. The molecule has 0 aliphatic rings. The molecule has 26 heavy (non-hydrogen) atoms. The van der Waals surface area contributed by atoms with E-state index in [0.29, 0.717) is 5.75 Å². The van der Waals surface area contributed by atoms with Gasteiger partial charge in [0.1, 0.15) is 0 Å². The lowest BCUT2D eigenvalue weighted by atomic mass is 10.2. The van der Waals surface area contributed by atoms with Crippen molar-refractivity contribution in [3.8, 4) is 0 Å². The molecule has 0 unspecified atom stereocenters. The van der Waals surface area contributed by atoms with Crippen LogP contribution in [-0.2, 0) is 11.8 Å². The van der Waals surface area contributed by atoms with Gasteiger partial charge in [0.2, 0.25) is 5.91 Å². The Kier molecular flexibility index (Phi) is 6.06. The van der Waals surface area contributed by atoms with Crippen LogP contribution in [0, 0.1) is 13.8 Å². The predicted molar refractivity (Wildman–Crippen MR) is 109 cm³/mol. The highest BCUT2D eigenvalue weighted by Crippen LogP contribution is 2.31. The van der Waals surface area contributed by atoms with Gasteiger partial charge in [0, 0.05) is 34.9 Å². The molecule has 6 heteroatoms. The largest absolute Gasteiger partial charge is 0.329 e. The Hall–Kier alpha value is -2.18. The van der Waals surface area contributed by atoms with Gasteiger partial charge in [0.25, 0.3) is 0 Å². The van der Waals surface area contributed by atoms with Gasteiger partial charge >= 0.3 is 0 Å². The minimum absolute atomic E-state index is 0.0343. The molecule has 134 valence electrons. The maximum atomic E-state index is 12.1. The number of aryl methyl sites for hydroxylation is 3. The van der Waals surface area contributed by atoms with Gasteiger partial charge in [-0.2, -0.15) is 0 Å². The molecule has 4 nitrogen and oxygen atoms in total. The zero-order valence-electron chi connectivity index (χ0n) is 15.0. The van der Waals surface area contributed by atoms with Crippen LogP contribution in [0.4, 0.5) is 5.69 Å². The summed E-state index contributed by atoms with van der Waals surface area (Å²) in [6.45, 7) is 4.22. The van der Waals surface area contributed by atoms with E-state index in [1.54, 1.807) is 18.0 Å². The average molecular weight is 384 g/mol. The first-order chi connectivity index (χ1) is 12.5. The smallest absolute Gasteiger partial charge is 0.234 e. The van der Waals surface area contributed by atoms with Crippen LogP contribution in [0.3, 0.4) is 0 Å². The Morgan fingerprint density at radius 1 is 1.15 bits per heavy atom. The van der Waals surface area contributed by atoms with E-state index in [-0.39, 0.29) is 5.91 Å². The quantitative estimate of drug-likeness (QED) is 0.614. The molecule has 0 radical (unpaired) electrons. The third kappa shape index (κ3) is 4.93. The second-order valence-electron chi connectivity index (χ2n) is 6.05. The molecular weight excluding hydrogens is 362 g/mol. The summed E-state index contributed by atoms with van der Waals surface area (Å²) in [6, 6.07) is 14.4. The molecule has 3 rings (SSSR count). The third-order valence-electron chi connectivity index (χ3n) is 3.82. The summed E-state index contributed by atoms with van der Waals surface area (Å²) < 4.78 is 1.90. The minimum Gasteiger partial charge on any atom is -0.329 e. The van der Waals surface area contributed by atoms with E-state index in [9.17, 15) is 4.79 Å². The van der Waals surface area contributed by atoms with E-state index in [2.05, 4.69) is 42.3 Å². The van der Waals surface area contributed by atoms with Crippen molar-refractivity contribution < 1.29 is 4.79 Å². The van der Waals surface area contributed by atoms with Crippen LogP contribution in [0.2, 0.25) is 0 Å². The van der Waals surface area contributed by atoms with Crippen molar-refractivity contribution in [1.29, 1.82) is 0 Å². The normalized spacial score (nSPS) is 10.7. The molecule has 0 spiro atoms. The first-order valence-electron chi connectivity index (χ1n) is 8.26. The Bertz CT molecular complexity index is 904. The van der Waals surface area contributed by atoms with Crippen LogP contribution in [0.5, 0.6) is 0 Å². The van der Waals surface area contributed by atoms with Crippen LogP contribution in [0.1, 0.15) is 11.1 Å². The van der Waals surface area contributed by atoms with Gasteiger partial charge in [-0.05, 0) is 55.3 Å². The van der Waals surface area contributed by atoms with Crippen molar-refractivity contribution >= 4 is 35.1 Å². The van der Waals surface area contributed by atoms with Crippen molar-refractivity contribution in [3.63, 3.8) is 0 Å². The Morgan fingerprint density at radius 2 is 1.92 bits per heavy atom. The van der Waals surface area contributed by atoms with Gasteiger partial charge in [0.15, 0.2) is 5.16 Å². The topological polar surface area (TPSA) is 46.9 Å². The summed E-state index contributed by atoms with van der Waals surface area (Å²) >= 11 is 3.16.